The number of nitrogens with zero attached hydrogens (tertiary/aromatic N) is 4. The maximum absolute atomic E-state index is 12.1. The van der Waals surface area contributed by atoms with Gasteiger partial charge in [0.1, 0.15) is 5.65 Å². The van der Waals surface area contributed by atoms with E-state index in [1.165, 1.54) is 0 Å². The van der Waals surface area contributed by atoms with E-state index in [2.05, 4.69) is 15.4 Å². The van der Waals surface area contributed by atoms with Crippen LogP contribution in [0.3, 0.4) is 0 Å². The Labute approximate surface area is 161 Å². The molecule has 6 nitrogen and oxygen atoms in total. The molecule has 27 heavy (non-hydrogen) atoms. The van der Waals surface area contributed by atoms with Crippen LogP contribution in [0.2, 0.25) is 5.02 Å². The Morgan fingerprint density at radius 3 is 2.78 bits per heavy atom. The molecule has 0 aliphatic heterocycles. The third kappa shape index (κ3) is 4.17. The van der Waals surface area contributed by atoms with Crippen molar-refractivity contribution < 1.29 is 4.79 Å². The molecule has 0 saturated carbocycles. The number of rotatable bonds is 6. The number of aryl methyl sites for hydroxylation is 1. The lowest BCUT2D eigenvalue weighted by Gasteiger charge is -2.02. The molecule has 0 bridgehead atoms. The fraction of sp³-hybridized carbons (Fsp3) is 0.150. The molecule has 0 saturated heterocycles. The lowest BCUT2D eigenvalue weighted by Crippen LogP contribution is -2.23. The van der Waals surface area contributed by atoms with Crippen LogP contribution in [0.4, 0.5) is 0 Å². The van der Waals surface area contributed by atoms with E-state index in [-0.39, 0.29) is 5.91 Å². The first-order valence-corrected chi connectivity index (χ1v) is 9.04. The van der Waals surface area contributed by atoms with Gasteiger partial charge < -0.3 is 9.72 Å². The van der Waals surface area contributed by atoms with Gasteiger partial charge in [0, 0.05) is 25.0 Å². The zero-order valence-electron chi connectivity index (χ0n) is 14.5. The SMILES string of the molecule is O=C(CCc1cnn(-c2ccccc2)c1)NCc1cn2cc(Cl)ccc2n1. The second-order valence-electron chi connectivity index (χ2n) is 6.25. The lowest BCUT2D eigenvalue weighted by molar-refractivity contribution is -0.121. The van der Waals surface area contributed by atoms with Gasteiger partial charge in [-0.05, 0) is 36.2 Å². The fourth-order valence-corrected chi connectivity index (χ4v) is 3.02. The standard InChI is InChI=1S/C20H18ClN5O/c21-16-7-8-19-24-17(14-25(19)13-16)11-22-20(27)9-6-15-10-23-26(12-15)18-4-2-1-3-5-18/h1-5,7-8,10,12-14H,6,9,11H2,(H,22,27). The van der Waals surface area contributed by atoms with E-state index < -0.39 is 0 Å². The Morgan fingerprint density at radius 1 is 1.07 bits per heavy atom. The molecule has 0 aliphatic rings. The number of halogens is 1. The van der Waals surface area contributed by atoms with Crippen molar-refractivity contribution in [3.05, 3.63) is 83.5 Å². The quantitative estimate of drug-likeness (QED) is 0.558. The minimum atomic E-state index is -0.0162. The smallest absolute Gasteiger partial charge is 0.220 e. The topological polar surface area (TPSA) is 64.2 Å². The molecule has 3 aromatic heterocycles. The molecule has 7 heteroatoms. The van der Waals surface area contributed by atoms with Gasteiger partial charge in [-0.2, -0.15) is 5.10 Å². The van der Waals surface area contributed by atoms with Crippen LogP contribution in [-0.4, -0.2) is 25.1 Å². The number of aromatic nitrogens is 4. The number of para-hydroxylation sites is 1. The van der Waals surface area contributed by atoms with Gasteiger partial charge in [0.15, 0.2) is 0 Å². The van der Waals surface area contributed by atoms with Gasteiger partial charge in [-0.1, -0.05) is 29.8 Å². The Balaban J connectivity index is 1.30. The highest BCUT2D eigenvalue weighted by atomic mass is 35.5. The molecule has 136 valence electrons. The zero-order chi connectivity index (χ0) is 18.6. The number of fused-ring (bicyclic) bond motifs is 1. The number of benzene rings is 1. The Hall–Kier alpha value is -3.12. The summed E-state index contributed by atoms with van der Waals surface area (Å²) in [6.45, 7) is 0.390. The summed E-state index contributed by atoms with van der Waals surface area (Å²) in [5, 5.41) is 7.90. The van der Waals surface area contributed by atoms with Gasteiger partial charge in [-0.15, -0.1) is 0 Å². The van der Waals surface area contributed by atoms with Crippen LogP contribution in [0.5, 0.6) is 0 Å². The predicted octanol–water partition coefficient (Wildman–Crippen LogP) is 3.42. The highest BCUT2D eigenvalue weighted by Gasteiger charge is 2.07. The molecule has 3 heterocycles. The average molecular weight is 380 g/mol. The molecule has 4 aromatic rings. The van der Waals surface area contributed by atoms with Crippen LogP contribution in [0.1, 0.15) is 17.7 Å². The van der Waals surface area contributed by atoms with Gasteiger partial charge in [0.25, 0.3) is 0 Å². The van der Waals surface area contributed by atoms with Crippen molar-refractivity contribution in [2.45, 2.75) is 19.4 Å². The summed E-state index contributed by atoms with van der Waals surface area (Å²) in [6.07, 6.45) is 8.45. The first kappa shape index (κ1) is 17.3. The van der Waals surface area contributed by atoms with Crippen molar-refractivity contribution in [2.24, 2.45) is 0 Å². The van der Waals surface area contributed by atoms with Crippen LogP contribution < -0.4 is 5.32 Å². The van der Waals surface area contributed by atoms with Crippen LogP contribution in [0, 0.1) is 0 Å². The molecule has 1 aromatic carbocycles. The maximum atomic E-state index is 12.1. The molecule has 0 atom stereocenters. The van der Waals surface area contributed by atoms with E-state index in [0.29, 0.717) is 24.4 Å². The monoisotopic (exact) mass is 379 g/mol. The molecular weight excluding hydrogens is 362 g/mol. The summed E-state index contributed by atoms with van der Waals surface area (Å²) in [4.78, 5) is 16.6. The third-order valence-electron chi connectivity index (χ3n) is 4.23. The fourth-order valence-electron chi connectivity index (χ4n) is 2.85. The summed E-state index contributed by atoms with van der Waals surface area (Å²) in [7, 11) is 0. The van der Waals surface area contributed by atoms with Crippen molar-refractivity contribution in [1.82, 2.24) is 24.5 Å². The van der Waals surface area contributed by atoms with Gasteiger partial charge in [0.05, 0.1) is 29.1 Å². The number of imidazole rings is 1. The summed E-state index contributed by atoms with van der Waals surface area (Å²) >= 11 is 5.97. The molecular formula is C20H18ClN5O. The Bertz CT molecular complexity index is 1070. The number of hydrogen-bond acceptors (Lipinski definition) is 3. The average Bonchev–Trinajstić information content (AvgIpc) is 3.32. The second-order valence-corrected chi connectivity index (χ2v) is 6.69. The van der Waals surface area contributed by atoms with Crippen molar-refractivity contribution >= 4 is 23.2 Å². The van der Waals surface area contributed by atoms with Crippen molar-refractivity contribution in [1.29, 1.82) is 0 Å². The van der Waals surface area contributed by atoms with Crippen LogP contribution >= 0.6 is 11.6 Å². The van der Waals surface area contributed by atoms with E-state index >= 15 is 0 Å². The number of hydrogen-bond donors (Lipinski definition) is 1. The molecule has 0 unspecified atom stereocenters. The summed E-state index contributed by atoms with van der Waals surface area (Å²) in [5.41, 5.74) is 3.62. The molecule has 4 rings (SSSR count). The van der Waals surface area contributed by atoms with Crippen molar-refractivity contribution in [3.8, 4) is 5.69 Å². The van der Waals surface area contributed by atoms with Gasteiger partial charge in [-0.3, -0.25) is 4.79 Å². The second kappa shape index (κ2) is 7.63. The first-order valence-electron chi connectivity index (χ1n) is 8.66. The van der Waals surface area contributed by atoms with E-state index in [1.807, 2.05) is 57.9 Å². The molecule has 1 amide bonds. The van der Waals surface area contributed by atoms with E-state index in [0.717, 1.165) is 22.6 Å². The Kier molecular flexibility index (Phi) is 4.89. The number of nitrogens with one attached hydrogen (secondary N) is 1. The number of carbonyl (C=O) groups is 1. The van der Waals surface area contributed by atoms with Gasteiger partial charge in [0.2, 0.25) is 5.91 Å². The normalized spacial score (nSPS) is 11.0. The number of amides is 1. The summed E-state index contributed by atoms with van der Waals surface area (Å²) in [6, 6.07) is 13.5. The largest absolute Gasteiger partial charge is 0.350 e. The van der Waals surface area contributed by atoms with Crippen LogP contribution in [-0.2, 0) is 17.8 Å². The Morgan fingerprint density at radius 2 is 1.93 bits per heavy atom. The predicted molar refractivity (Wildman–Crippen MR) is 104 cm³/mol. The van der Waals surface area contributed by atoms with Crippen LogP contribution in [0.15, 0.2) is 67.3 Å². The van der Waals surface area contributed by atoms with Crippen molar-refractivity contribution in [2.75, 3.05) is 0 Å². The maximum Gasteiger partial charge on any atom is 0.220 e. The van der Waals surface area contributed by atoms with E-state index in [1.54, 1.807) is 18.5 Å². The van der Waals surface area contributed by atoms with Crippen LogP contribution in [0.25, 0.3) is 11.3 Å². The third-order valence-corrected chi connectivity index (χ3v) is 4.45. The van der Waals surface area contributed by atoms with E-state index in [4.69, 9.17) is 11.6 Å². The number of carbonyl (C=O) groups excluding carboxylic acids is 1. The highest BCUT2D eigenvalue weighted by Crippen LogP contribution is 2.12. The van der Waals surface area contributed by atoms with Crippen molar-refractivity contribution in [3.63, 3.8) is 0 Å². The van der Waals surface area contributed by atoms with E-state index in [9.17, 15) is 4.79 Å². The highest BCUT2D eigenvalue weighted by molar-refractivity contribution is 6.30. The van der Waals surface area contributed by atoms with Gasteiger partial charge >= 0.3 is 0 Å². The summed E-state index contributed by atoms with van der Waals surface area (Å²) < 4.78 is 3.66. The molecule has 0 aliphatic carbocycles. The minimum Gasteiger partial charge on any atom is -0.350 e. The first-order chi connectivity index (χ1) is 13.2. The molecule has 0 radical (unpaired) electrons. The van der Waals surface area contributed by atoms with Gasteiger partial charge in [-0.25, -0.2) is 9.67 Å². The molecule has 1 N–H and O–H groups in total. The minimum absolute atomic E-state index is 0.0162. The lowest BCUT2D eigenvalue weighted by atomic mass is 10.2. The molecule has 0 fully saturated rings. The summed E-state index contributed by atoms with van der Waals surface area (Å²) in [5.74, 6) is -0.0162. The zero-order valence-corrected chi connectivity index (χ0v) is 15.3. The number of pyridine rings is 1. The molecule has 0 spiro atoms.